The van der Waals surface area contributed by atoms with Crippen LogP contribution in [0.25, 0.3) is 16.7 Å². The molecule has 1 aliphatic heterocycles. The number of allylic oxidation sites excluding steroid dienone is 2. The number of anilines is 1. The second kappa shape index (κ2) is 9.90. The van der Waals surface area contributed by atoms with E-state index in [1.54, 1.807) is 6.92 Å². The normalized spacial score (nSPS) is 16.3. The van der Waals surface area contributed by atoms with E-state index in [1.807, 2.05) is 0 Å². The molecule has 17 heteroatoms. The van der Waals surface area contributed by atoms with Gasteiger partial charge in [0.25, 0.3) is 5.56 Å². The van der Waals surface area contributed by atoms with Gasteiger partial charge in [0.05, 0.1) is 24.4 Å². The minimum Gasteiger partial charge on any atom is -0.376 e. The maximum absolute atomic E-state index is 13.2. The van der Waals surface area contributed by atoms with E-state index < -0.39 is 35.4 Å². The van der Waals surface area contributed by atoms with Gasteiger partial charge in [-0.25, -0.2) is 19.3 Å². The Morgan fingerprint density at radius 2 is 2.00 bits per heavy atom. The second-order valence-corrected chi connectivity index (χ2v) is 8.99. The molecule has 5 rings (SSSR count). The monoisotopic (exact) mass is 558 g/mol. The zero-order valence-corrected chi connectivity index (χ0v) is 21.1. The van der Waals surface area contributed by atoms with Crippen LogP contribution in [-0.4, -0.2) is 57.3 Å². The van der Waals surface area contributed by atoms with E-state index in [4.69, 9.17) is 4.52 Å². The lowest BCUT2D eigenvalue weighted by atomic mass is 10.0. The quantitative estimate of drug-likeness (QED) is 0.314. The number of carbonyl (C=O) groups excluding carboxylic acids is 1. The Hall–Kier alpha value is -5.09. The summed E-state index contributed by atoms with van der Waals surface area (Å²) in [7, 11) is 0. The van der Waals surface area contributed by atoms with Gasteiger partial charge in [0.1, 0.15) is 18.6 Å². The van der Waals surface area contributed by atoms with Crippen molar-refractivity contribution < 1.29 is 22.5 Å². The number of halogens is 3. The molecule has 4 aromatic heterocycles. The number of hydrogen-bond donors (Lipinski definition) is 3. The maximum Gasteiger partial charge on any atom is 0.412 e. The van der Waals surface area contributed by atoms with Crippen molar-refractivity contribution in [1.82, 2.24) is 44.5 Å². The van der Waals surface area contributed by atoms with Crippen LogP contribution in [0.3, 0.4) is 0 Å². The first-order valence-corrected chi connectivity index (χ1v) is 11.8. The van der Waals surface area contributed by atoms with Crippen LogP contribution in [0.4, 0.5) is 19.0 Å². The van der Waals surface area contributed by atoms with E-state index in [0.717, 1.165) is 4.57 Å². The highest BCUT2D eigenvalue weighted by molar-refractivity contribution is 5.93. The van der Waals surface area contributed by atoms with Crippen molar-refractivity contribution in [3.63, 3.8) is 0 Å². The average molecular weight is 558 g/mol. The molecular weight excluding hydrogens is 537 g/mol. The smallest absolute Gasteiger partial charge is 0.376 e. The zero-order valence-electron chi connectivity index (χ0n) is 21.1. The number of aromatic amines is 1. The van der Waals surface area contributed by atoms with E-state index in [0.29, 0.717) is 11.4 Å². The van der Waals surface area contributed by atoms with Gasteiger partial charge < -0.3 is 19.7 Å². The molecule has 0 spiro atoms. The fourth-order valence-corrected chi connectivity index (χ4v) is 4.13. The van der Waals surface area contributed by atoms with Gasteiger partial charge in [-0.05, 0) is 32.4 Å². The largest absolute Gasteiger partial charge is 0.412 e. The Balaban J connectivity index is 1.38. The first-order chi connectivity index (χ1) is 18.9. The van der Waals surface area contributed by atoms with Crippen molar-refractivity contribution in [3.8, 4) is 0 Å². The molecule has 0 radical (unpaired) electrons. The van der Waals surface area contributed by atoms with Gasteiger partial charge in [-0.2, -0.15) is 18.2 Å². The molecular formula is C23H21F3N10O4. The Morgan fingerprint density at radius 3 is 2.67 bits per heavy atom. The molecule has 40 heavy (non-hydrogen) atoms. The van der Waals surface area contributed by atoms with Crippen LogP contribution in [0, 0.1) is 6.92 Å². The Morgan fingerprint density at radius 1 is 1.23 bits per heavy atom. The molecule has 1 unspecified atom stereocenters. The van der Waals surface area contributed by atoms with Crippen LogP contribution in [0.5, 0.6) is 0 Å². The number of dihydropyridines is 1. The highest BCUT2D eigenvalue weighted by Gasteiger charge is 2.41. The van der Waals surface area contributed by atoms with Gasteiger partial charge >= 0.3 is 11.9 Å². The molecule has 0 fully saturated rings. The molecule has 0 aromatic carbocycles. The number of amides is 1. The standard InChI is InChI=1S/C23H21F3N10O4/c1-10-4-13(5-28-18(10)23(24,25)26)14-6-27-7-15(31-14)32-20(37)11(2)36-9-29-19-17(36)21(38)35(22(39)33-19)8-16-30-12(3)34-40-16/h4-7,9,11,18,28H,8H2,1-3H3,(H,33,39)(H,31,32,37)/t11-,18?/m0/s1. The van der Waals surface area contributed by atoms with E-state index in [2.05, 4.69) is 40.7 Å². The number of H-pyrrole nitrogens is 1. The highest BCUT2D eigenvalue weighted by Crippen LogP contribution is 2.30. The summed E-state index contributed by atoms with van der Waals surface area (Å²) in [6, 6.07) is -2.81. The molecule has 0 saturated carbocycles. The van der Waals surface area contributed by atoms with Gasteiger partial charge in [-0.3, -0.25) is 19.6 Å². The number of rotatable bonds is 6. The highest BCUT2D eigenvalue weighted by atomic mass is 19.4. The second-order valence-electron chi connectivity index (χ2n) is 8.99. The number of nitrogens with zero attached hydrogens (tertiary/aromatic N) is 7. The summed E-state index contributed by atoms with van der Waals surface area (Å²) in [5, 5.41) is 8.53. The topological polar surface area (TPSA) is 179 Å². The lowest BCUT2D eigenvalue weighted by molar-refractivity contribution is -0.144. The number of nitrogens with one attached hydrogen (secondary N) is 3. The SMILES string of the molecule is CC1=CC(c2cncc(NC(=O)[C@H](C)n3cnc4[nH]c(=O)n(Cc5nc(C)no5)c(=O)c43)n2)=CNC1C(F)(F)F. The number of alkyl halides is 3. The molecule has 5 heterocycles. The molecule has 4 aromatic rings. The van der Waals surface area contributed by atoms with Gasteiger partial charge in [0.15, 0.2) is 22.8 Å². The summed E-state index contributed by atoms with van der Waals surface area (Å²) in [4.78, 5) is 57.6. The zero-order chi connectivity index (χ0) is 28.8. The molecule has 208 valence electrons. The Kier molecular flexibility index (Phi) is 6.56. The molecule has 1 amide bonds. The van der Waals surface area contributed by atoms with Crippen LogP contribution in [-0.2, 0) is 11.3 Å². The molecule has 2 atom stereocenters. The van der Waals surface area contributed by atoms with Crippen LogP contribution in [0.1, 0.15) is 37.3 Å². The summed E-state index contributed by atoms with van der Waals surface area (Å²) < 4.78 is 46.5. The molecule has 0 saturated heterocycles. The summed E-state index contributed by atoms with van der Waals surface area (Å²) >= 11 is 0. The van der Waals surface area contributed by atoms with Crippen molar-refractivity contribution in [1.29, 1.82) is 0 Å². The summed E-state index contributed by atoms with van der Waals surface area (Å²) in [6.45, 7) is 4.14. The average Bonchev–Trinajstić information content (AvgIpc) is 3.51. The van der Waals surface area contributed by atoms with Crippen LogP contribution in [0.2, 0.25) is 0 Å². The van der Waals surface area contributed by atoms with Gasteiger partial charge in [0.2, 0.25) is 11.8 Å². The van der Waals surface area contributed by atoms with E-state index in [-0.39, 0.29) is 40.7 Å². The third-order valence-electron chi connectivity index (χ3n) is 6.12. The van der Waals surface area contributed by atoms with Crippen molar-refractivity contribution in [2.75, 3.05) is 5.32 Å². The summed E-state index contributed by atoms with van der Waals surface area (Å²) in [5.41, 5.74) is -0.939. The molecule has 1 aliphatic rings. The van der Waals surface area contributed by atoms with Crippen molar-refractivity contribution in [2.24, 2.45) is 0 Å². The van der Waals surface area contributed by atoms with Crippen molar-refractivity contribution in [3.05, 3.63) is 74.8 Å². The first kappa shape index (κ1) is 26.5. The van der Waals surface area contributed by atoms with Gasteiger partial charge in [-0.15, -0.1) is 0 Å². The lowest BCUT2D eigenvalue weighted by Gasteiger charge is -2.25. The number of hydrogen-bond acceptors (Lipinski definition) is 10. The van der Waals surface area contributed by atoms with Gasteiger partial charge in [0, 0.05) is 11.8 Å². The van der Waals surface area contributed by atoms with Crippen LogP contribution >= 0.6 is 0 Å². The number of imidazole rings is 1. The van der Waals surface area contributed by atoms with Crippen LogP contribution in [0.15, 0.2) is 50.7 Å². The minimum atomic E-state index is -4.46. The van der Waals surface area contributed by atoms with Crippen molar-refractivity contribution in [2.45, 2.75) is 45.6 Å². The van der Waals surface area contributed by atoms with E-state index in [9.17, 15) is 27.6 Å². The third kappa shape index (κ3) is 4.99. The Labute approximate surface area is 221 Å². The van der Waals surface area contributed by atoms with Crippen LogP contribution < -0.4 is 21.9 Å². The van der Waals surface area contributed by atoms with Crippen molar-refractivity contribution >= 4 is 28.5 Å². The number of fused-ring (bicyclic) bond motifs is 1. The predicted molar refractivity (Wildman–Crippen MR) is 133 cm³/mol. The molecule has 14 nitrogen and oxygen atoms in total. The number of carbonyl (C=O) groups is 1. The first-order valence-electron chi connectivity index (χ1n) is 11.8. The number of aryl methyl sites for hydroxylation is 1. The predicted octanol–water partition coefficient (Wildman–Crippen LogP) is 1.44. The molecule has 3 N–H and O–H groups in total. The number of aromatic nitrogens is 8. The third-order valence-corrected chi connectivity index (χ3v) is 6.12. The Bertz CT molecular complexity index is 1800. The summed E-state index contributed by atoms with van der Waals surface area (Å²) in [6.07, 6.45) is 1.91. The minimum absolute atomic E-state index is 0.0227. The fraction of sp³-hybridized carbons (Fsp3) is 0.304. The van der Waals surface area contributed by atoms with Gasteiger partial charge in [-0.1, -0.05) is 5.16 Å². The molecule has 0 bridgehead atoms. The van der Waals surface area contributed by atoms with E-state index >= 15 is 0 Å². The summed E-state index contributed by atoms with van der Waals surface area (Å²) in [5.74, 6) is -0.200. The fourth-order valence-electron chi connectivity index (χ4n) is 4.13. The maximum atomic E-state index is 13.2. The van der Waals surface area contributed by atoms with E-state index in [1.165, 1.54) is 49.4 Å². The molecule has 0 aliphatic carbocycles. The lowest BCUT2D eigenvalue weighted by Crippen LogP contribution is -2.42.